The second-order valence-corrected chi connectivity index (χ2v) is 9.41. The van der Waals surface area contributed by atoms with E-state index in [0.717, 1.165) is 33.9 Å². The van der Waals surface area contributed by atoms with Gasteiger partial charge < -0.3 is 4.74 Å². The Bertz CT molecular complexity index is 935. The summed E-state index contributed by atoms with van der Waals surface area (Å²) in [5.74, 6) is 0.811. The van der Waals surface area contributed by atoms with Crippen molar-refractivity contribution >= 4 is 22.4 Å². The molecule has 0 amide bonds. The van der Waals surface area contributed by atoms with Gasteiger partial charge in [0.2, 0.25) is 0 Å². The number of fused-ring (bicyclic) bond motifs is 1. The highest BCUT2D eigenvalue weighted by molar-refractivity contribution is 7.13. The van der Waals surface area contributed by atoms with Crippen LogP contribution in [-0.4, -0.2) is 20.6 Å². The van der Waals surface area contributed by atoms with Crippen LogP contribution in [0.3, 0.4) is 0 Å². The highest BCUT2D eigenvalue weighted by Gasteiger charge is 2.20. The summed E-state index contributed by atoms with van der Waals surface area (Å²) in [4.78, 5) is 9.88. The second kappa shape index (κ2) is 8.24. The lowest BCUT2D eigenvalue weighted by Gasteiger charge is -2.20. The third-order valence-electron chi connectivity index (χ3n) is 5.55. The van der Waals surface area contributed by atoms with Gasteiger partial charge in [0.05, 0.1) is 17.3 Å². The Morgan fingerprint density at radius 2 is 1.89 bits per heavy atom. The molecule has 1 aliphatic carbocycles. The first-order chi connectivity index (χ1) is 13.5. The van der Waals surface area contributed by atoms with Crippen molar-refractivity contribution in [2.75, 3.05) is 0 Å². The maximum Gasteiger partial charge on any atom is 0.297 e. The van der Waals surface area contributed by atoms with E-state index in [2.05, 4.69) is 42.0 Å². The maximum atomic E-state index is 6.02. The van der Waals surface area contributed by atoms with Crippen LogP contribution >= 0.6 is 11.3 Å². The molecule has 2 aromatic heterocycles. The predicted octanol–water partition coefficient (Wildman–Crippen LogP) is 6.65. The van der Waals surface area contributed by atoms with E-state index in [4.69, 9.17) is 14.7 Å². The predicted molar refractivity (Wildman–Crippen MR) is 117 cm³/mol. The average molecular weight is 398 g/mol. The van der Waals surface area contributed by atoms with Gasteiger partial charge in [-0.05, 0) is 52.2 Å². The Kier molecular flexibility index (Phi) is 5.72. The number of thiazole rings is 1. The van der Waals surface area contributed by atoms with E-state index in [1.807, 2.05) is 13.8 Å². The molecule has 0 aliphatic heterocycles. The number of ether oxygens (including phenoxy) is 1. The first kappa shape index (κ1) is 19.4. The number of nitrogens with zero attached hydrogens (tertiary/aromatic N) is 3. The van der Waals surface area contributed by atoms with Gasteiger partial charge in [0.1, 0.15) is 10.5 Å². The molecular formula is C23H31N3OS. The molecule has 28 heavy (non-hydrogen) atoms. The van der Waals surface area contributed by atoms with E-state index >= 15 is 0 Å². The van der Waals surface area contributed by atoms with E-state index < -0.39 is 0 Å². The molecule has 1 aliphatic rings. The first-order valence-electron chi connectivity index (χ1n) is 10.6. The third-order valence-corrected chi connectivity index (χ3v) is 6.47. The minimum absolute atomic E-state index is 0.0970. The molecule has 5 heteroatoms. The molecule has 0 unspecified atom stereocenters. The fraction of sp³-hybridized carbons (Fsp3) is 0.565. The molecule has 0 N–H and O–H groups in total. The number of aromatic nitrogens is 3. The van der Waals surface area contributed by atoms with Gasteiger partial charge in [0, 0.05) is 17.0 Å². The van der Waals surface area contributed by atoms with Gasteiger partial charge >= 0.3 is 0 Å². The van der Waals surface area contributed by atoms with Crippen LogP contribution in [0.15, 0.2) is 23.6 Å². The molecule has 0 bridgehead atoms. The lowest BCUT2D eigenvalue weighted by molar-refractivity contribution is 0.210. The summed E-state index contributed by atoms with van der Waals surface area (Å²) in [5.41, 5.74) is 4.47. The summed E-state index contributed by atoms with van der Waals surface area (Å²) in [7, 11) is 0. The lowest BCUT2D eigenvalue weighted by Crippen LogP contribution is -2.12. The van der Waals surface area contributed by atoms with E-state index in [0.29, 0.717) is 6.01 Å². The van der Waals surface area contributed by atoms with Crippen molar-refractivity contribution in [3.63, 3.8) is 0 Å². The van der Waals surface area contributed by atoms with Gasteiger partial charge in [-0.1, -0.05) is 38.2 Å². The fourth-order valence-corrected chi connectivity index (χ4v) is 5.13. The molecule has 1 aromatic carbocycles. The molecule has 2 heterocycles. The van der Waals surface area contributed by atoms with Crippen molar-refractivity contribution in [2.45, 2.75) is 78.4 Å². The van der Waals surface area contributed by atoms with Crippen molar-refractivity contribution in [3.8, 4) is 16.6 Å². The minimum Gasteiger partial charge on any atom is -0.462 e. The van der Waals surface area contributed by atoms with Crippen LogP contribution in [0.2, 0.25) is 0 Å². The summed E-state index contributed by atoms with van der Waals surface area (Å²) in [6.45, 7) is 8.44. The molecule has 0 radical (unpaired) electrons. The molecule has 0 spiro atoms. The average Bonchev–Trinajstić information content (AvgIpc) is 3.25. The normalized spacial score (nSPS) is 15.8. The highest BCUT2D eigenvalue weighted by atomic mass is 32.1. The number of hydrogen-bond donors (Lipinski definition) is 0. The van der Waals surface area contributed by atoms with E-state index in [1.54, 1.807) is 11.3 Å². The number of benzene rings is 1. The molecule has 0 atom stereocenters. The maximum absolute atomic E-state index is 6.02. The zero-order valence-corrected chi connectivity index (χ0v) is 18.3. The van der Waals surface area contributed by atoms with Crippen molar-refractivity contribution in [3.05, 3.63) is 29.3 Å². The first-order valence-corrected chi connectivity index (χ1v) is 11.5. The molecular weight excluding hydrogens is 366 g/mol. The van der Waals surface area contributed by atoms with Gasteiger partial charge in [-0.3, -0.25) is 4.57 Å². The van der Waals surface area contributed by atoms with Crippen LogP contribution < -0.4 is 4.74 Å². The van der Waals surface area contributed by atoms with Crippen molar-refractivity contribution in [2.24, 2.45) is 5.92 Å². The van der Waals surface area contributed by atoms with Crippen LogP contribution in [0.25, 0.3) is 21.6 Å². The van der Waals surface area contributed by atoms with Gasteiger partial charge in [0.25, 0.3) is 6.01 Å². The standard InChI is InChI=1S/C23H31N3OS/c1-15(2)26-20-12-8-11-19(21(20)25-23(26)27-16(3)4)22-24-18(14-28-22)13-17-9-6-5-7-10-17/h8,11-12,14-17H,5-7,9-10,13H2,1-4H3. The molecule has 1 fully saturated rings. The molecule has 4 nitrogen and oxygen atoms in total. The summed E-state index contributed by atoms with van der Waals surface area (Å²) in [6.07, 6.45) is 8.10. The van der Waals surface area contributed by atoms with Crippen LogP contribution in [0.5, 0.6) is 6.01 Å². The zero-order chi connectivity index (χ0) is 19.7. The Labute approximate surface area is 172 Å². The Morgan fingerprint density at radius 1 is 1.11 bits per heavy atom. The number of hydrogen-bond acceptors (Lipinski definition) is 4. The Balaban J connectivity index is 1.69. The largest absolute Gasteiger partial charge is 0.462 e. The van der Waals surface area contributed by atoms with Gasteiger partial charge in [0.15, 0.2) is 0 Å². The third kappa shape index (κ3) is 3.95. The summed E-state index contributed by atoms with van der Waals surface area (Å²) < 4.78 is 8.21. The van der Waals surface area contributed by atoms with Crippen molar-refractivity contribution in [1.82, 2.24) is 14.5 Å². The van der Waals surface area contributed by atoms with E-state index in [-0.39, 0.29) is 12.1 Å². The van der Waals surface area contributed by atoms with Gasteiger partial charge in [-0.25, -0.2) is 4.98 Å². The van der Waals surface area contributed by atoms with Crippen molar-refractivity contribution in [1.29, 1.82) is 0 Å². The van der Waals surface area contributed by atoms with E-state index in [1.165, 1.54) is 37.8 Å². The second-order valence-electron chi connectivity index (χ2n) is 8.55. The molecule has 1 saturated carbocycles. The molecule has 4 rings (SSSR count). The zero-order valence-electron chi connectivity index (χ0n) is 17.4. The highest BCUT2D eigenvalue weighted by Crippen LogP contribution is 2.35. The van der Waals surface area contributed by atoms with Crippen LogP contribution in [0, 0.1) is 5.92 Å². The quantitative estimate of drug-likeness (QED) is 0.467. The summed E-state index contributed by atoms with van der Waals surface area (Å²) in [5, 5.41) is 3.31. The summed E-state index contributed by atoms with van der Waals surface area (Å²) in [6, 6.07) is 7.37. The van der Waals surface area contributed by atoms with Crippen LogP contribution in [-0.2, 0) is 6.42 Å². The molecule has 3 aromatic rings. The number of imidazole rings is 1. The van der Waals surface area contributed by atoms with E-state index in [9.17, 15) is 0 Å². The number of rotatable bonds is 6. The number of para-hydroxylation sites is 1. The van der Waals surface area contributed by atoms with Gasteiger partial charge in [-0.2, -0.15) is 4.98 Å². The smallest absolute Gasteiger partial charge is 0.297 e. The van der Waals surface area contributed by atoms with Crippen LogP contribution in [0.4, 0.5) is 0 Å². The fourth-order valence-electron chi connectivity index (χ4n) is 4.27. The Hall–Kier alpha value is -1.88. The van der Waals surface area contributed by atoms with Crippen LogP contribution in [0.1, 0.15) is 71.5 Å². The molecule has 0 saturated heterocycles. The molecule has 150 valence electrons. The Morgan fingerprint density at radius 3 is 2.61 bits per heavy atom. The monoisotopic (exact) mass is 397 g/mol. The summed E-state index contributed by atoms with van der Waals surface area (Å²) >= 11 is 1.74. The topological polar surface area (TPSA) is 39.9 Å². The van der Waals surface area contributed by atoms with Crippen molar-refractivity contribution < 1.29 is 4.74 Å². The lowest BCUT2D eigenvalue weighted by atomic mass is 9.86. The SMILES string of the molecule is CC(C)Oc1nc2c(-c3nc(CC4CCCCC4)cs3)cccc2n1C(C)C. The minimum atomic E-state index is 0.0970. The van der Waals surface area contributed by atoms with Gasteiger partial charge in [-0.15, -0.1) is 11.3 Å².